The van der Waals surface area contributed by atoms with Crippen molar-refractivity contribution < 1.29 is 15.1 Å². The van der Waals surface area contributed by atoms with Gasteiger partial charge in [-0.05, 0) is 65.6 Å². The summed E-state index contributed by atoms with van der Waals surface area (Å²) in [6.45, 7) is 4.51. The number of carbonyl (C=O) groups is 1. The van der Waals surface area contributed by atoms with Crippen LogP contribution in [0, 0.1) is 0 Å². The molecule has 0 amide bonds. The van der Waals surface area contributed by atoms with E-state index in [-0.39, 0.29) is 11.0 Å². The molecule has 4 heteroatoms. The number of aromatic carboxylic acids is 1. The molecule has 2 N–H and O–H groups in total. The SMILES string of the molecule is CC1(C)CCCc2ccc(C(/C=C\c3ccc(C(=O)O)cc3)=NO)cc21. The van der Waals surface area contributed by atoms with Gasteiger partial charge in [0.15, 0.2) is 0 Å². The second kappa shape index (κ2) is 7.16. The van der Waals surface area contributed by atoms with Crippen molar-refractivity contribution in [2.45, 2.75) is 38.5 Å². The number of hydrogen-bond donors (Lipinski definition) is 2. The van der Waals surface area contributed by atoms with Crippen LogP contribution in [0.3, 0.4) is 0 Å². The molecule has 0 atom stereocenters. The monoisotopic (exact) mass is 349 g/mol. The van der Waals surface area contributed by atoms with Gasteiger partial charge in [0.2, 0.25) is 0 Å². The first-order valence-electron chi connectivity index (χ1n) is 8.78. The molecule has 3 rings (SSSR count). The number of rotatable bonds is 4. The molecule has 0 aromatic heterocycles. The molecule has 2 aromatic rings. The molecule has 0 aliphatic heterocycles. The van der Waals surface area contributed by atoms with Crippen LogP contribution in [-0.4, -0.2) is 22.0 Å². The van der Waals surface area contributed by atoms with Crippen molar-refractivity contribution in [1.29, 1.82) is 0 Å². The van der Waals surface area contributed by atoms with E-state index in [1.807, 2.05) is 12.1 Å². The van der Waals surface area contributed by atoms with E-state index in [1.54, 1.807) is 30.3 Å². The van der Waals surface area contributed by atoms with Gasteiger partial charge in [-0.15, -0.1) is 0 Å². The summed E-state index contributed by atoms with van der Waals surface area (Å²) in [6.07, 6.45) is 7.00. The standard InChI is InChI=1S/C22H23NO3/c1-22(2)13-3-4-16-10-11-18(14-19(16)22)20(23-26)12-7-15-5-8-17(9-6-15)21(24)25/h5-12,14,26H,3-4,13H2,1-2H3,(H,24,25)/b12-7-,23-20?. The zero-order chi connectivity index (χ0) is 18.7. The summed E-state index contributed by atoms with van der Waals surface area (Å²) in [5.41, 5.74) is 5.26. The van der Waals surface area contributed by atoms with Crippen LogP contribution in [0.4, 0.5) is 0 Å². The Morgan fingerprint density at radius 2 is 1.81 bits per heavy atom. The van der Waals surface area contributed by atoms with Gasteiger partial charge in [0, 0.05) is 5.56 Å². The molecule has 0 bridgehead atoms. The second-order valence-electron chi connectivity index (χ2n) is 7.36. The fourth-order valence-electron chi connectivity index (χ4n) is 3.54. The first kappa shape index (κ1) is 17.9. The first-order chi connectivity index (χ1) is 12.4. The summed E-state index contributed by atoms with van der Waals surface area (Å²) >= 11 is 0. The molecule has 0 saturated heterocycles. The van der Waals surface area contributed by atoms with Crippen molar-refractivity contribution in [3.05, 3.63) is 76.4 Å². The molecule has 0 heterocycles. The van der Waals surface area contributed by atoms with Crippen LogP contribution >= 0.6 is 0 Å². The molecule has 2 aromatic carbocycles. The minimum Gasteiger partial charge on any atom is -0.478 e. The lowest BCUT2D eigenvalue weighted by atomic mass is 9.72. The molecule has 0 saturated carbocycles. The lowest BCUT2D eigenvalue weighted by Crippen LogP contribution is -2.24. The van der Waals surface area contributed by atoms with E-state index in [2.05, 4.69) is 31.1 Å². The molecule has 1 aliphatic carbocycles. The summed E-state index contributed by atoms with van der Waals surface area (Å²) < 4.78 is 0. The number of allylic oxidation sites excluding steroid dienone is 1. The minimum atomic E-state index is -0.949. The third-order valence-electron chi connectivity index (χ3n) is 5.08. The van der Waals surface area contributed by atoms with Crippen molar-refractivity contribution in [2.75, 3.05) is 0 Å². The van der Waals surface area contributed by atoms with Gasteiger partial charge in [-0.1, -0.05) is 49.3 Å². The van der Waals surface area contributed by atoms with E-state index in [0.29, 0.717) is 5.71 Å². The quantitative estimate of drug-likeness (QED) is 0.469. The molecule has 4 nitrogen and oxygen atoms in total. The van der Waals surface area contributed by atoms with Crippen LogP contribution in [0.5, 0.6) is 0 Å². The number of carboxylic acid groups (broad SMARTS) is 1. The van der Waals surface area contributed by atoms with Gasteiger partial charge in [0.1, 0.15) is 5.71 Å². The summed E-state index contributed by atoms with van der Waals surface area (Å²) in [5.74, 6) is -0.949. The summed E-state index contributed by atoms with van der Waals surface area (Å²) in [4.78, 5) is 10.9. The third-order valence-corrected chi connectivity index (χ3v) is 5.08. The van der Waals surface area contributed by atoms with Crippen LogP contribution in [-0.2, 0) is 11.8 Å². The molecule has 1 aliphatic rings. The highest BCUT2D eigenvalue weighted by atomic mass is 16.4. The average molecular weight is 349 g/mol. The van der Waals surface area contributed by atoms with Gasteiger partial charge >= 0.3 is 5.97 Å². The fourth-order valence-corrected chi connectivity index (χ4v) is 3.54. The maximum absolute atomic E-state index is 10.9. The molecule has 0 unspecified atom stereocenters. The van der Waals surface area contributed by atoms with Crippen LogP contribution in [0.2, 0.25) is 0 Å². The highest BCUT2D eigenvalue weighted by Gasteiger charge is 2.27. The van der Waals surface area contributed by atoms with Crippen molar-refractivity contribution in [1.82, 2.24) is 0 Å². The van der Waals surface area contributed by atoms with Crippen LogP contribution in [0.15, 0.2) is 53.7 Å². The van der Waals surface area contributed by atoms with Crippen molar-refractivity contribution in [3.63, 3.8) is 0 Å². The van der Waals surface area contributed by atoms with Gasteiger partial charge in [0.05, 0.1) is 5.56 Å². The molecule has 26 heavy (non-hydrogen) atoms. The first-order valence-corrected chi connectivity index (χ1v) is 8.78. The minimum absolute atomic E-state index is 0.126. The molecular formula is C22H23NO3. The van der Waals surface area contributed by atoms with Gasteiger partial charge in [-0.3, -0.25) is 0 Å². The van der Waals surface area contributed by atoms with Crippen molar-refractivity contribution in [3.8, 4) is 0 Å². The van der Waals surface area contributed by atoms with Crippen LogP contribution in [0.1, 0.15) is 59.3 Å². The van der Waals surface area contributed by atoms with E-state index in [1.165, 1.54) is 17.5 Å². The third kappa shape index (κ3) is 3.69. The molecular weight excluding hydrogens is 326 g/mol. The highest BCUT2D eigenvalue weighted by Crippen LogP contribution is 2.37. The Labute approximate surface area is 153 Å². The second-order valence-corrected chi connectivity index (χ2v) is 7.36. The Morgan fingerprint density at radius 1 is 1.12 bits per heavy atom. The summed E-state index contributed by atoms with van der Waals surface area (Å²) in [6, 6.07) is 12.8. The Kier molecular flexibility index (Phi) is 4.94. The van der Waals surface area contributed by atoms with Crippen molar-refractivity contribution in [2.24, 2.45) is 5.16 Å². The maximum atomic E-state index is 10.9. The molecule has 134 valence electrons. The fraction of sp³-hybridized carbons (Fsp3) is 0.273. The Balaban J connectivity index is 1.87. The summed E-state index contributed by atoms with van der Waals surface area (Å²) in [5, 5.41) is 21.9. The van der Waals surface area contributed by atoms with Crippen molar-refractivity contribution >= 4 is 17.8 Å². The summed E-state index contributed by atoms with van der Waals surface area (Å²) in [7, 11) is 0. The molecule has 0 spiro atoms. The number of carboxylic acids is 1. The zero-order valence-electron chi connectivity index (χ0n) is 15.1. The average Bonchev–Trinajstić information content (AvgIpc) is 2.63. The van der Waals surface area contributed by atoms with E-state index in [0.717, 1.165) is 24.0 Å². The Hall–Kier alpha value is -2.88. The smallest absolute Gasteiger partial charge is 0.335 e. The van der Waals surface area contributed by atoms with Gasteiger partial charge in [0.25, 0.3) is 0 Å². The number of benzene rings is 2. The van der Waals surface area contributed by atoms with Gasteiger partial charge in [-0.25, -0.2) is 4.79 Å². The van der Waals surface area contributed by atoms with Crippen LogP contribution in [0.25, 0.3) is 6.08 Å². The van der Waals surface area contributed by atoms with Gasteiger partial charge in [-0.2, -0.15) is 0 Å². The Bertz CT molecular complexity index is 877. The number of nitrogens with zero attached hydrogens (tertiary/aromatic N) is 1. The van der Waals surface area contributed by atoms with Crippen LogP contribution < -0.4 is 0 Å². The van der Waals surface area contributed by atoms with E-state index in [4.69, 9.17) is 5.11 Å². The molecule has 0 radical (unpaired) electrons. The predicted molar refractivity (Wildman–Crippen MR) is 103 cm³/mol. The number of hydrogen-bond acceptors (Lipinski definition) is 3. The largest absolute Gasteiger partial charge is 0.478 e. The van der Waals surface area contributed by atoms with E-state index >= 15 is 0 Å². The normalized spacial score (nSPS) is 16.5. The highest BCUT2D eigenvalue weighted by molar-refractivity contribution is 6.10. The lowest BCUT2D eigenvalue weighted by Gasteiger charge is -2.33. The van der Waals surface area contributed by atoms with E-state index < -0.39 is 5.97 Å². The maximum Gasteiger partial charge on any atom is 0.335 e. The van der Waals surface area contributed by atoms with Gasteiger partial charge < -0.3 is 10.3 Å². The number of oxime groups is 1. The number of aryl methyl sites for hydroxylation is 1. The Morgan fingerprint density at radius 3 is 2.46 bits per heavy atom. The topological polar surface area (TPSA) is 69.9 Å². The zero-order valence-corrected chi connectivity index (χ0v) is 15.1. The predicted octanol–water partition coefficient (Wildman–Crippen LogP) is 4.89. The number of fused-ring (bicyclic) bond motifs is 1. The lowest BCUT2D eigenvalue weighted by molar-refractivity contribution is 0.0697. The molecule has 0 fully saturated rings. The van der Waals surface area contributed by atoms with E-state index in [9.17, 15) is 10.0 Å².